The maximum Gasteiger partial charge on any atom is 0.125 e. The van der Waals surface area contributed by atoms with Crippen LogP contribution in [-0.4, -0.2) is 26.4 Å². The Balaban J connectivity index is 2.92. The molecule has 0 radical (unpaired) electrons. The normalized spacial score (nSPS) is 13.9. The molecule has 0 spiro atoms. The standard InChI is InChI=1S/C5H12FNO/c1-8-4-5(6)2-3-7/h5H,2-4,7H2,1H3. The third-order valence-corrected chi connectivity index (χ3v) is 0.827. The molecule has 0 fully saturated rings. The van der Waals surface area contributed by atoms with Crippen molar-refractivity contribution in [1.29, 1.82) is 0 Å². The molecule has 0 heterocycles. The molecule has 3 heteroatoms. The average molecular weight is 121 g/mol. The van der Waals surface area contributed by atoms with Gasteiger partial charge in [0.15, 0.2) is 0 Å². The lowest BCUT2D eigenvalue weighted by Gasteiger charge is -2.02. The molecule has 50 valence electrons. The monoisotopic (exact) mass is 121 g/mol. The summed E-state index contributed by atoms with van der Waals surface area (Å²) in [5.41, 5.74) is 5.06. The molecule has 8 heavy (non-hydrogen) atoms. The van der Waals surface area contributed by atoms with Gasteiger partial charge in [0, 0.05) is 7.11 Å². The highest BCUT2D eigenvalue weighted by Crippen LogP contribution is 1.94. The number of hydrogen-bond donors (Lipinski definition) is 1. The number of ether oxygens (including phenoxy) is 1. The molecule has 0 rings (SSSR count). The van der Waals surface area contributed by atoms with Crippen LogP contribution in [0.2, 0.25) is 0 Å². The fourth-order valence-electron chi connectivity index (χ4n) is 0.445. The Bertz CT molecular complexity index is 45.7. The second kappa shape index (κ2) is 5.00. The Morgan fingerprint density at radius 1 is 1.75 bits per heavy atom. The predicted molar refractivity (Wildman–Crippen MR) is 30.4 cm³/mol. The summed E-state index contributed by atoms with van der Waals surface area (Å²) < 4.78 is 16.7. The first-order valence-corrected chi connectivity index (χ1v) is 2.64. The van der Waals surface area contributed by atoms with Gasteiger partial charge >= 0.3 is 0 Å². The molecule has 0 aliphatic rings. The molecule has 0 aromatic carbocycles. The number of methoxy groups -OCH3 is 1. The number of hydrogen-bond acceptors (Lipinski definition) is 2. The van der Waals surface area contributed by atoms with Gasteiger partial charge in [-0.1, -0.05) is 0 Å². The van der Waals surface area contributed by atoms with Crippen LogP contribution in [0, 0.1) is 0 Å². The maximum atomic E-state index is 12.2. The highest BCUT2D eigenvalue weighted by molar-refractivity contribution is 4.52. The average Bonchev–Trinajstić information content (AvgIpc) is 1.68. The van der Waals surface area contributed by atoms with Crippen molar-refractivity contribution in [3.8, 4) is 0 Å². The number of rotatable bonds is 4. The van der Waals surface area contributed by atoms with E-state index in [1.54, 1.807) is 0 Å². The van der Waals surface area contributed by atoms with Crippen LogP contribution in [0.15, 0.2) is 0 Å². The van der Waals surface area contributed by atoms with Gasteiger partial charge in [0.25, 0.3) is 0 Å². The van der Waals surface area contributed by atoms with Gasteiger partial charge < -0.3 is 10.5 Å². The van der Waals surface area contributed by atoms with E-state index in [2.05, 4.69) is 4.74 Å². The van der Waals surface area contributed by atoms with Crippen LogP contribution in [0.25, 0.3) is 0 Å². The quantitative estimate of drug-likeness (QED) is 0.581. The molecule has 0 bridgehead atoms. The summed E-state index contributed by atoms with van der Waals surface area (Å²) in [5, 5.41) is 0. The van der Waals surface area contributed by atoms with Gasteiger partial charge in [-0.15, -0.1) is 0 Å². The third-order valence-electron chi connectivity index (χ3n) is 0.827. The van der Waals surface area contributed by atoms with Gasteiger partial charge in [-0.3, -0.25) is 0 Å². The summed E-state index contributed by atoms with van der Waals surface area (Å²) in [5.74, 6) is 0. The first-order valence-electron chi connectivity index (χ1n) is 2.64. The van der Waals surface area contributed by atoms with Crippen molar-refractivity contribution in [2.45, 2.75) is 12.6 Å². The van der Waals surface area contributed by atoms with E-state index in [0.29, 0.717) is 13.0 Å². The molecular formula is C5H12FNO. The van der Waals surface area contributed by atoms with Gasteiger partial charge in [-0.25, -0.2) is 4.39 Å². The van der Waals surface area contributed by atoms with E-state index < -0.39 is 6.17 Å². The number of alkyl halides is 1. The minimum absolute atomic E-state index is 0.164. The number of nitrogens with two attached hydrogens (primary N) is 1. The zero-order valence-corrected chi connectivity index (χ0v) is 5.06. The number of halogens is 1. The van der Waals surface area contributed by atoms with E-state index in [1.807, 2.05) is 0 Å². The maximum absolute atomic E-state index is 12.2. The van der Waals surface area contributed by atoms with Crippen LogP contribution < -0.4 is 5.73 Å². The molecule has 2 nitrogen and oxygen atoms in total. The SMILES string of the molecule is COCC(F)CCN. The van der Waals surface area contributed by atoms with Crippen molar-refractivity contribution in [3.63, 3.8) is 0 Å². The molecule has 0 aliphatic heterocycles. The summed E-state index contributed by atoms with van der Waals surface area (Å²) in [6.45, 7) is 0.557. The van der Waals surface area contributed by atoms with Gasteiger partial charge in [-0.05, 0) is 13.0 Å². The van der Waals surface area contributed by atoms with E-state index in [1.165, 1.54) is 7.11 Å². The van der Waals surface area contributed by atoms with Gasteiger partial charge in [0.1, 0.15) is 6.17 Å². The molecule has 2 N–H and O–H groups in total. The van der Waals surface area contributed by atoms with Gasteiger partial charge in [0.05, 0.1) is 6.61 Å². The molecule has 1 atom stereocenters. The van der Waals surface area contributed by atoms with Gasteiger partial charge in [0.2, 0.25) is 0 Å². The fraction of sp³-hybridized carbons (Fsp3) is 1.00. The molecule has 1 unspecified atom stereocenters. The molecule has 0 aromatic heterocycles. The first-order chi connectivity index (χ1) is 3.81. The summed E-state index contributed by atoms with van der Waals surface area (Å²) >= 11 is 0. The molecule has 0 aliphatic carbocycles. The zero-order chi connectivity index (χ0) is 6.41. The van der Waals surface area contributed by atoms with Crippen molar-refractivity contribution in [3.05, 3.63) is 0 Å². The van der Waals surface area contributed by atoms with E-state index in [-0.39, 0.29) is 6.61 Å². The lowest BCUT2D eigenvalue weighted by Crippen LogP contribution is -2.13. The Morgan fingerprint density at radius 2 is 2.38 bits per heavy atom. The zero-order valence-electron chi connectivity index (χ0n) is 5.06. The van der Waals surface area contributed by atoms with Crippen LogP contribution in [0.5, 0.6) is 0 Å². The second-order valence-corrected chi connectivity index (χ2v) is 1.63. The van der Waals surface area contributed by atoms with Crippen molar-refractivity contribution in [2.75, 3.05) is 20.3 Å². The summed E-state index contributed by atoms with van der Waals surface area (Å²) in [7, 11) is 1.48. The van der Waals surface area contributed by atoms with Crippen LogP contribution in [0.1, 0.15) is 6.42 Å². The summed E-state index contributed by atoms with van der Waals surface area (Å²) in [6, 6.07) is 0. The molecular weight excluding hydrogens is 109 g/mol. The minimum Gasteiger partial charge on any atom is -0.382 e. The Morgan fingerprint density at radius 3 is 2.75 bits per heavy atom. The van der Waals surface area contributed by atoms with Crippen molar-refractivity contribution < 1.29 is 9.13 Å². The first kappa shape index (κ1) is 7.85. The summed E-state index contributed by atoms with van der Waals surface area (Å²) in [4.78, 5) is 0. The lowest BCUT2D eigenvalue weighted by molar-refractivity contribution is 0.120. The lowest BCUT2D eigenvalue weighted by atomic mass is 10.3. The van der Waals surface area contributed by atoms with E-state index in [9.17, 15) is 4.39 Å². The second-order valence-electron chi connectivity index (χ2n) is 1.63. The van der Waals surface area contributed by atoms with Gasteiger partial charge in [-0.2, -0.15) is 0 Å². The fourth-order valence-corrected chi connectivity index (χ4v) is 0.445. The van der Waals surface area contributed by atoms with Crippen molar-refractivity contribution in [2.24, 2.45) is 5.73 Å². The molecule has 0 saturated carbocycles. The van der Waals surface area contributed by atoms with E-state index >= 15 is 0 Å². The Labute approximate surface area is 48.8 Å². The smallest absolute Gasteiger partial charge is 0.125 e. The highest BCUT2D eigenvalue weighted by atomic mass is 19.1. The molecule has 0 aromatic rings. The predicted octanol–water partition coefficient (Wildman–Crippen LogP) is 0.320. The molecule has 0 saturated heterocycles. The molecule has 0 amide bonds. The highest BCUT2D eigenvalue weighted by Gasteiger charge is 2.01. The largest absolute Gasteiger partial charge is 0.382 e. The topological polar surface area (TPSA) is 35.2 Å². The minimum atomic E-state index is -0.884. The third kappa shape index (κ3) is 4.02. The summed E-state index contributed by atoms with van der Waals surface area (Å²) in [6.07, 6.45) is -0.488. The Hall–Kier alpha value is -0.150. The van der Waals surface area contributed by atoms with E-state index in [0.717, 1.165) is 0 Å². The van der Waals surface area contributed by atoms with E-state index in [4.69, 9.17) is 5.73 Å². The van der Waals surface area contributed by atoms with Crippen molar-refractivity contribution in [1.82, 2.24) is 0 Å². The van der Waals surface area contributed by atoms with Crippen LogP contribution in [0.3, 0.4) is 0 Å². The van der Waals surface area contributed by atoms with Crippen LogP contribution in [-0.2, 0) is 4.74 Å². The van der Waals surface area contributed by atoms with Crippen LogP contribution in [0.4, 0.5) is 4.39 Å². The van der Waals surface area contributed by atoms with Crippen LogP contribution >= 0.6 is 0 Å². The Kier molecular flexibility index (Phi) is 4.90. The van der Waals surface area contributed by atoms with Crippen molar-refractivity contribution >= 4 is 0 Å².